The molecule has 1 saturated heterocycles. The number of likely N-dealkylation sites (tertiary alicyclic amines) is 1. The van der Waals surface area contributed by atoms with Crippen LogP contribution >= 0.6 is 11.6 Å². The van der Waals surface area contributed by atoms with E-state index in [0.717, 1.165) is 49.9 Å². The van der Waals surface area contributed by atoms with Gasteiger partial charge in [0.1, 0.15) is 5.58 Å². The average molecular weight is 661 g/mol. The lowest BCUT2D eigenvalue weighted by atomic mass is 9.79. The Morgan fingerprint density at radius 1 is 1.02 bits per heavy atom. The molecule has 9 heteroatoms. The van der Waals surface area contributed by atoms with Crippen LogP contribution in [0.25, 0.3) is 16.7 Å². The Morgan fingerprint density at radius 2 is 1.83 bits per heavy atom. The highest BCUT2D eigenvalue weighted by atomic mass is 35.5. The van der Waals surface area contributed by atoms with E-state index < -0.39 is 5.91 Å². The maximum atomic E-state index is 13.6. The largest absolute Gasteiger partial charge is 0.451 e. The summed E-state index contributed by atoms with van der Waals surface area (Å²) < 4.78 is 7.77. The first kappa shape index (κ1) is 31.6. The first-order valence-electron chi connectivity index (χ1n) is 16.6. The van der Waals surface area contributed by atoms with Crippen molar-refractivity contribution in [3.8, 4) is 5.69 Å². The minimum Gasteiger partial charge on any atom is -0.451 e. The molecule has 0 unspecified atom stereocenters. The Hall–Kier alpha value is -4.95. The van der Waals surface area contributed by atoms with Crippen LogP contribution in [-0.4, -0.2) is 38.9 Å². The van der Waals surface area contributed by atoms with E-state index in [0.29, 0.717) is 41.3 Å². The van der Waals surface area contributed by atoms with Gasteiger partial charge < -0.3 is 19.2 Å². The van der Waals surface area contributed by atoms with Gasteiger partial charge in [-0.15, -0.1) is 0 Å². The Kier molecular flexibility index (Phi) is 9.25. The summed E-state index contributed by atoms with van der Waals surface area (Å²) in [6, 6.07) is 22.4. The molecule has 1 aliphatic carbocycles. The molecule has 2 amide bonds. The fraction of sp³-hybridized carbons (Fsp3) is 0.282. The Labute approximate surface area is 284 Å². The zero-order chi connectivity index (χ0) is 33.0. The predicted octanol–water partition coefficient (Wildman–Crippen LogP) is 7.38. The van der Waals surface area contributed by atoms with E-state index in [4.69, 9.17) is 16.0 Å². The van der Waals surface area contributed by atoms with E-state index in [1.807, 2.05) is 35.2 Å². The number of nitrogens with zero attached hydrogens (tertiary/aromatic N) is 3. The van der Waals surface area contributed by atoms with Crippen LogP contribution in [0.3, 0.4) is 0 Å². The van der Waals surface area contributed by atoms with Crippen molar-refractivity contribution < 1.29 is 14.0 Å². The van der Waals surface area contributed by atoms with Gasteiger partial charge in [0.05, 0.1) is 17.8 Å². The van der Waals surface area contributed by atoms with Crippen molar-refractivity contribution in [3.05, 3.63) is 141 Å². The fourth-order valence-electron chi connectivity index (χ4n) is 7.00. The maximum absolute atomic E-state index is 13.6. The second-order valence-corrected chi connectivity index (χ2v) is 13.2. The van der Waals surface area contributed by atoms with E-state index in [1.54, 1.807) is 35.4 Å². The molecule has 3 aromatic carbocycles. The lowest BCUT2D eigenvalue weighted by molar-refractivity contribution is -0.128. The van der Waals surface area contributed by atoms with E-state index in [2.05, 4.69) is 40.6 Å². The van der Waals surface area contributed by atoms with Crippen molar-refractivity contribution in [1.29, 1.82) is 0 Å². The number of rotatable bonds is 9. The molecule has 1 atom stereocenters. The van der Waals surface area contributed by atoms with Gasteiger partial charge in [0.15, 0.2) is 11.2 Å². The molecule has 1 aliphatic heterocycles. The van der Waals surface area contributed by atoms with Gasteiger partial charge in [-0.3, -0.25) is 14.4 Å². The molecule has 0 radical (unpaired) electrons. The number of hydrogen-bond acceptors (Lipinski definition) is 5. The third-order valence-corrected chi connectivity index (χ3v) is 9.77. The van der Waals surface area contributed by atoms with Crippen molar-refractivity contribution in [2.45, 2.75) is 63.5 Å². The molecule has 5 aromatic rings. The van der Waals surface area contributed by atoms with Gasteiger partial charge in [0.25, 0.3) is 5.91 Å². The van der Waals surface area contributed by atoms with Gasteiger partial charge >= 0.3 is 0 Å². The highest BCUT2D eigenvalue weighted by molar-refractivity contribution is 6.30. The Balaban J connectivity index is 1.08. The summed E-state index contributed by atoms with van der Waals surface area (Å²) in [5.74, 6) is 0.193. The topological polar surface area (TPSA) is 97.4 Å². The van der Waals surface area contributed by atoms with Gasteiger partial charge in [0, 0.05) is 48.7 Å². The SMILES string of the molecule is O=C(N[C@H](C=C1CCC(c2ccccc2CN2CCCC2=O)CC1)Cc1ccc(Cl)cc1)c1cc(=O)c2cc(-n3ccnc3)ccc2o1. The summed E-state index contributed by atoms with van der Waals surface area (Å²) >= 11 is 6.15. The summed E-state index contributed by atoms with van der Waals surface area (Å²) in [5, 5.41) is 4.18. The normalized spacial score (nSPS) is 17.1. The molecule has 0 spiro atoms. The molecule has 244 valence electrons. The van der Waals surface area contributed by atoms with Gasteiger partial charge in [-0.05, 0) is 91.5 Å². The smallest absolute Gasteiger partial charge is 0.287 e. The molecule has 7 rings (SSSR count). The lowest BCUT2D eigenvalue weighted by Gasteiger charge is -2.28. The lowest BCUT2D eigenvalue weighted by Crippen LogP contribution is -2.36. The number of imidazole rings is 1. The zero-order valence-electron chi connectivity index (χ0n) is 26.6. The van der Waals surface area contributed by atoms with E-state index in [9.17, 15) is 14.4 Å². The molecule has 2 aromatic heterocycles. The van der Waals surface area contributed by atoms with Gasteiger partial charge in [-0.2, -0.15) is 0 Å². The predicted molar refractivity (Wildman–Crippen MR) is 186 cm³/mol. The van der Waals surface area contributed by atoms with Crippen LogP contribution in [0.15, 0.2) is 112 Å². The van der Waals surface area contributed by atoms with Crippen LogP contribution in [-0.2, 0) is 17.8 Å². The molecule has 8 nitrogen and oxygen atoms in total. The molecule has 48 heavy (non-hydrogen) atoms. The number of hydrogen-bond donors (Lipinski definition) is 1. The molecule has 1 saturated carbocycles. The molecular formula is C39H37ClN4O4. The number of aromatic nitrogens is 2. The number of amides is 2. The third kappa shape index (κ3) is 7.14. The minimum atomic E-state index is -0.442. The minimum absolute atomic E-state index is 0.0285. The molecule has 2 aliphatic rings. The van der Waals surface area contributed by atoms with Crippen LogP contribution in [0.1, 0.15) is 71.7 Å². The quantitative estimate of drug-likeness (QED) is 0.166. The maximum Gasteiger partial charge on any atom is 0.287 e. The standard InChI is InChI=1S/C39H37ClN4O4/c40-30-13-9-27(10-14-30)21-31(42-39(47)37-23-35(45)34-22-32(15-16-36(34)48-37)44-19-17-41-25-44)20-26-7-11-28(12-8-26)33-5-2-1-4-29(33)24-43-18-3-6-38(43)46/h1-2,4-5,9-10,13-17,19-20,22-23,25,28,31H,3,6-8,11-12,18,21,24H2,(H,42,47)/t28?,31-/m1/s1. The number of halogens is 1. The first-order chi connectivity index (χ1) is 23.4. The number of fused-ring (bicyclic) bond motifs is 1. The molecule has 1 N–H and O–H groups in total. The summed E-state index contributed by atoms with van der Waals surface area (Å²) in [6.07, 6.45) is 13.3. The van der Waals surface area contributed by atoms with Crippen molar-refractivity contribution in [2.75, 3.05) is 6.54 Å². The fourth-order valence-corrected chi connectivity index (χ4v) is 7.12. The van der Waals surface area contributed by atoms with Gasteiger partial charge in [-0.25, -0.2) is 4.98 Å². The summed E-state index contributed by atoms with van der Waals surface area (Å²) in [7, 11) is 0. The zero-order valence-corrected chi connectivity index (χ0v) is 27.4. The van der Waals surface area contributed by atoms with E-state index in [-0.39, 0.29) is 23.1 Å². The highest BCUT2D eigenvalue weighted by Crippen LogP contribution is 2.37. The second kappa shape index (κ2) is 14.0. The monoisotopic (exact) mass is 660 g/mol. The molecule has 0 bridgehead atoms. The van der Waals surface area contributed by atoms with Crippen LogP contribution in [0.4, 0.5) is 0 Å². The van der Waals surface area contributed by atoms with Crippen molar-refractivity contribution >= 4 is 34.4 Å². The number of benzene rings is 3. The van der Waals surface area contributed by atoms with E-state index in [1.165, 1.54) is 22.8 Å². The molecule has 3 heterocycles. The summed E-state index contributed by atoms with van der Waals surface area (Å²) in [6.45, 7) is 1.52. The van der Waals surface area contributed by atoms with Crippen molar-refractivity contribution in [1.82, 2.24) is 19.8 Å². The van der Waals surface area contributed by atoms with Crippen LogP contribution in [0.2, 0.25) is 5.02 Å². The molecule has 2 fully saturated rings. The summed E-state index contributed by atoms with van der Waals surface area (Å²) in [4.78, 5) is 45.1. The Bertz CT molecular complexity index is 2020. The number of nitrogens with one attached hydrogen (secondary N) is 1. The number of carbonyl (C=O) groups is 2. The van der Waals surface area contributed by atoms with Crippen LogP contribution in [0.5, 0.6) is 0 Å². The van der Waals surface area contributed by atoms with Crippen molar-refractivity contribution in [2.24, 2.45) is 0 Å². The second-order valence-electron chi connectivity index (χ2n) is 12.8. The number of carbonyl (C=O) groups excluding carboxylic acids is 2. The highest BCUT2D eigenvalue weighted by Gasteiger charge is 2.25. The third-order valence-electron chi connectivity index (χ3n) is 9.51. The summed E-state index contributed by atoms with van der Waals surface area (Å²) in [5.41, 5.74) is 5.75. The van der Waals surface area contributed by atoms with Gasteiger partial charge in [-0.1, -0.05) is 59.6 Å². The first-order valence-corrected chi connectivity index (χ1v) is 16.9. The average Bonchev–Trinajstić information content (AvgIpc) is 3.79. The van der Waals surface area contributed by atoms with Crippen LogP contribution < -0.4 is 10.7 Å². The van der Waals surface area contributed by atoms with E-state index >= 15 is 0 Å². The van der Waals surface area contributed by atoms with Crippen molar-refractivity contribution in [3.63, 3.8) is 0 Å². The van der Waals surface area contributed by atoms with Crippen LogP contribution in [0, 0.1) is 0 Å². The molecular weight excluding hydrogens is 624 g/mol. The Morgan fingerprint density at radius 3 is 2.58 bits per heavy atom. The van der Waals surface area contributed by atoms with Gasteiger partial charge in [0.2, 0.25) is 5.91 Å². The number of allylic oxidation sites excluding steroid dienone is 1.